The first-order chi connectivity index (χ1) is 9.90. The van der Waals surface area contributed by atoms with Gasteiger partial charge in [0, 0.05) is 11.8 Å². The minimum atomic E-state index is -3.96. The smallest absolute Gasteiger partial charge is 0.335 e. The fourth-order valence-corrected chi connectivity index (χ4v) is 4.58. The molecule has 1 aliphatic rings. The van der Waals surface area contributed by atoms with Crippen LogP contribution in [-0.2, 0) is 10.0 Å². The number of carboxylic acid groups (broad SMARTS) is 1. The molecule has 1 heterocycles. The van der Waals surface area contributed by atoms with Gasteiger partial charge in [-0.2, -0.15) is 11.8 Å². The Morgan fingerprint density at radius 1 is 1.43 bits per heavy atom. The highest BCUT2D eigenvalue weighted by Gasteiger charge is 2.22. The number of hydrogen-bond donors (Lipinski definition) is 2. The van der Waals surface area contributed by atoms with Crippen molar-refractivity contribution in [3.05, 3.63) is 29.6 Å². The second kappa shape index (κ2) is 6.76. The lowest BCUT2D eigenvalue weighted by Gasteiger charge is -2.21. The average Bonchev–Trinajstić information content (AvgIpc) is 2.46. The molecule has 0 saturated carbocycles. The summed E-state index contributed by atoms with van der Waals surface area (Å²) in [5.41, 5.74) is -0.283. The molecule has 1 fully saturated rings. The summed E-state index contributed by atoms with van der Waals surface area (Å²) in [5, 5.41) is 8.95. The molecule has 2 N–H and O–H groups in total. The quantitative estimate of drug-likeness (QED) is 0.862. The summed E-state index contributed by atoms with van der Waals surface area (Å²) in [7, 11) is -3.96. The van der Waals surface area contributed by atoms with Crippen molar-refractivity contribution in [2.45, 2.75) is 29.4 Å². The maximum Gasteiger partial charge on any atom is 0.335 e. The van der Waals surface area contributed by atoms with E-state index in [4.69, 9.17) is 5.11 Å². The lowest BCUT2D eigenvalue weighted by Crippen LogP contribution is -2.32. The van der Waals surface area contributed by atoms with Gasteiger partial charge < -0.3 is 5.11 Å². The highest BCUT2D eigenvalue weighted by molar-refractivity contribution is 8.00. The number of benzene rings is 1. The number of thioether (sulfide) groups is 1. The van der Waals surface area contributed by atoms with E-state index >= 15 is 0 Å². The van der Waals surface area contributed by atoms with Crippen LogP contribution in [0, 0.1) is 5.82 Å². The van der Waals surface area contributed by atoms with Gasteiger partial charge in [0.15, 0.2) is 0 Å². The van der Waals surface area contributed by atoms with Crippen LogP contribution >= 0.6 is 11.8 Å². The van der Waals surface area contributed by atoms with Gasteiger partial charge >= 0.3 is 5.97 Å². The van der Waals surface area contributed by atoms with Gasteiger partial charge in [-0.05, 0) is 36.8 Å². The monoisotopic (exact) mass is 333 g/mol. The van der Waals surface area contributed by atoms with Crippen LogP contribution in [0.1, 0.15) is 29.6 Å². The van der Waals surface area contributed by atoms with Crippen molar-refractivity contribution in [3.63, 3.8) is 0 Å². The minimum Gasteiger partial charge on any atom is -0.478 e. The first kappa shape index (κ1) is 16.3. The van der Waals surface area contributed by atoms with Crippen LogP contribution in [0.4, 0.5) is 4.39 Å². The number of aromatic carboxylic acids is 1. The fraction of sp³-hybridized carbons (Fsp3) is 0.462. The molecule has 0 amide bonds. The predicted molar refractivity (Wildman–Crippen MR) is 78.6 cm³/mol. The number of sulfonamides is 1. The molecule has 1 unspecified atom stereocenters. The topological polar surface area (TPSA) is 83.5 Å². The van der Waals surface area contributed by atoms with Gasteiger partial charge in [0.05, 0.1) is 5.56 Å². The van der Waals surface area contributed by atoms with Crippen LogP contribution in [0.3, 0.4) is 0 Å². The lowest BCUT2D eigenvalue weighted by molar-refractivity contribution is 0.0696. The Kier molecular flexibility index (Phi) is 5.23. The second-order valence-corrected chi connectivity index (χ2v) is 7.93. The molecule has 1 atom stereocenters. The highest BCUT2D eigenvalue weighted by atomic mass is 32.2. The van der Waals surface area contributed by atoms with E-state index in [-0.39, 0.29) is 17.4 Å². The van der Waals surface area contributed by atoms with E-state index < -0.39 is 26.7 Å². The number of nitrogens with one attached hydrogen (secondary N) is 1. The SMILES string of the molecule is O=C(O)c1ccc(S(=O)(=O)NCC2CCCCS2)c(F)c1. The maximum atomic E-state index is 13.8. The Balaban J connectivity index is 2.10. The van der Waals surface area contributed by atoms with Gasteiger partial charge in [0.1, 0.15) is 10.7 Å². The predicted octanol–water partition coefficient (Wildman–Crippen LogP) is 2.09. The molecule has 116 valence electrons. The normalized spacial score (nSPS) is 19.4. The molecular formula is C13H16FNO4S2. The standard InChI is InChI=1S/C13H16FNO4S2/c14-11-7-9(13(16)17)4-5-12(11)21(18,19)15-8-10-3-1-2-6-20-10/h4-5,7,10,15H,1-3,6,8H2,(H,16,17). The van der Waals surface area contributed by atoms with Gasteiger partial charge in [0.2, 0.25) is 10.0 Å². The molecule has 0 aliphatic carbocycles. The van der Waals surface area contributed by atoms with E-state index in [0.29, 0.717) is 6.07 Å². The molecule has 0 spiro atoms. The number of carboxylic acids is 1. The van der Waals surface area contributed by atoms with Gasteiger partial charge in [0.25, 0.3) is 0 Å². The number of rotatable bonds is 5. The van der Waals surface area contributed by atoms with Gasteiger partial charge in [-0.3, -0.25) is 0 Å². The van der Waals surface area contributed by atoms with Crippen molar-refractivity contribution >= 4 is 27.8 Å². The molecule has 21 heavy (non-hydrogen) atoms. The Morgan fingerprint density at radius 3 is 2.76 bits per heavy atom. The van der Waals surface area contributed by atoms with Crippen LogP contribution in [0.2, 0.25) is 0 Å². The Bertz CT molecular complexity index is 627. The highest BCUT2D eigenvalue weighted by Crippen LogP contribution is 2.25. The van der Waals surface area contributed by atoms with Crippen molar-refractivity contribution in [1.29, 1.82) is 0 Å². The second-order valence-electron chi connectivity index (χ2n) is 4.79. The molecule has 8 heteroatoms. The van der Waals surface area contributed by atoms with E-state index in [0.717, 1.165) is 37.1 Å². The van der Waals surface area contributed by atoms with E-state index in [9.17, 15) is 17.6 Å². The molecule has 2 rings (SSSR count). The largest absolute Gasteiger partial charge is 0.478 e. The molecule has 0 aromatic heterocycles. The number of carbonyl (C=O) groups is 1. The van der Waals surface area contributed by atoms with Crippen LogP contribution in [0.25, 0.3) is 0 Å². The molecule has 1 aromatic carbocycles. The zero-order valence-corrected chi connectivity index (χ0v) is 12.8. The van der Waals surface area contributed by atoms with Crippen molar-refractivity contribution < 1.29 is 22.7 Å². The van der Waals surface area contributed by atoms with Crippen LogP contribution in [0.15, 0.2) is 23.1 Å². The van der Waals surface area contributed by atoms with Crippen molar-refractivity contribution in [3.8, 4) is 0 Å². The first-order valence-electron chi connectivity index (χ1n) is 6.54. The van der Waals surface area contributed by atoms with Gasteiger partial charge in [-0.25, -0.2) is 22.3 Å². The third-order valence-corrected chi connectivity index (χ3v) is 6.10. The van der Waals surface area contributed by atoms with Crippen LogP contribution in [-0.4, -0.2) is 37.0 Å². The van der Waals surface area contributed by atoms with E-state index in [1.807, 2.05) is 0 Å². The summed E-state index contributed by atoms with van der Waals surface area (Å²) in [6, 6.07) is 2.77. The summed E-state index contributed by atoms with van der Waals surface area (Å²) in [6.07, 6.45) is 3.15. The first-order valence-corrected chi connectivity index (χ1v) is 9.07. The fourth-order valence-electron chi connectivity index (χ4n) is 2.10. The molecule has 1 saturated heterocycles. The molecule has 1 aliphatic heterocycles. The van der Waals surface area contributed by atoms with E-state index in [1.54, 1.807) is 11.8 Å². The molecule has 1 aromatic rings. The minimum absolute atomic E-state index is 0.204. The van der Waals surface area contributed by atoms with E-state index in [2.05, 4.69) is 4.72 Å². The summed E-state index contributed by atoms with van der Waals surface area (Å²) >= 11 is 1.71. The summed E-state index contributed by atoms with van der Waals surface area (Å²) in [5.74, 6) is -1.35. The molecule has 0 radical (unpaired) electrons. The van der Waals surface area contributed by atoms with Crippen LogP contribution in [0.5, 0.6) is 0 Å². The zero-order valence-electron chi connectivity index (χ0n) is 11.2. The molecular weight excluding hydrogens is 317 g/mol. The summed E-state index contributed by atoms with van der Waals surface area (Å²) in [6.45, 7) is 0.257. The van der Waals surface area contributed by atoms with Crippen LogP contribution < -0.4 is 4.72 Å². The molecule has 5 nitrogen and oxygen atoms in total. The summed E-state index contributed by atoms with van der Waals surface area (Å²) in [4.78, 5) is 10.2. The lowest BCUT2D eigenvalue weighted by atomic mass is 10.2. The third-order valence-electron chi connectivity index (χ3n) is 3.24. The maximum absolute atomic E-state index is 13.8. The van der Waals surface area contributed by atoms with E-state index in [1.165, 1.54) is 0 Å². The van der Waals surface area contributed by atoms with Gasteiger partial charge in [-0.1, -0.05) is 6.42 Å². The van der Waals surface area contributed by atoms with Gasteiger partial charge in [-0.15, -0.1) is 0 Å². The average molecular weight is 333 g/mol. The van der Waals surface area contributed by atoms with Crippen molar-refractivity contribution in [2.75, 3.05) is 12.3 Å². The molecule has 0 bridgehead atoms. The van der Waals surface area contributed by atoms with Crippen molar-refractivity contribution in [2.24, 2.45) is 0 Å². The Morgan fingerprint density at radius 2 is 2.19 bits per heavy atom. The zero-order chi connectivity index (χ0) is 15.5. The third kappa shape index (κ3) is 4.18. The Labute approximate surface area is 127 Å². The number of hydrogen-bond acceptors (Lipinski definition) is 4. The number of halogens is 1. The Hall–Kier alpha value is -1.12. The summed E-state index contributed by atoms with van der Waals surface area (Å²) < 4.78 is 40.3. The van der Waals surface area contributed by atoms with Crippen molar-refractivity contribution in [1.82, 2.24) is 4.72 Å².